The molecule has 0 atom stereocenters. The number of thiophene rings is 1. The molecule has 5 heteroatoms. The maximum atomic E-state index is 11.7. The fraction of sp³-hybridized carbons (Fsp3) is 0.400. The third-order valence-electron chi connectivity index (χ3n) is 2.21. The number of rotatable bonds is 2. The minimum absolute atomic E-state index is 0.266. The van der Waals surface area contributed by atoms with Crippen LogP contribution < -0.4 is 5.63 Å². The summed E-state index contributed by atoms with van der Waals surface area (Å²) in [5.41, 5.74) is 0.724. The SMILES string of the molecule is CCSc1nc2sc(C)c(C)c2c(=O)o1. The van der Waals surface area contributed by atoms with Crippen LogP contribution >= 0.6 is 23.1 Å². The van der Waals surface area contributed by atoms with Crippen molar-refractivity contribution in [1.29, 1.82) is 0 Å². The molecule has 0 fully saturated rings. The van der Waals surface area contributed by atoms with Crippen LogP contribution in [0.5, 0.6) is 0 Å². The quantitative estimate of drug-likeness (QED) is 0.758. The monoisotopic (exact) mass is 241 g/mol. The van der Waals surface area contributed by atoms with Crippen molar-refractivity contribution < 1.29 is 4.42 Å². The third-order valence-corrected chi connectivity index (χ3v) is 4.02. The number of thioether (sulfide) groups is 1. The predicted octanol–water partition coefficient (Wildman–Crippen LogP) is 2.98. The van der Waals surface area contributed by atoms with Crippen LogP contribution in [0.25, 0.3) is 10.2 Å². The molecule has 2 heterocycles. The molecule has 3 nitrogen and oxygen atoms in total. The van der Waals surface area contributed by atoms with Crippen molar-refractivity contribution in [3.8, 4) is 0 Å². The summed E-state index contributed by atoms with van der Waals surface area (Å²) in [6.45, 7) is 5.93. The van der Waals surface area contributed by atoms with E-state index in [9.17, 15) is 4.79 Å². The molecule has 0 radical (unpaired) electrons. The first-order valence-corrected chi connectivity index (χ1v) is 6.47. The summed E-state index contributed by atoms with van der Waals surface area (Å²) in [6, 6.07) is 0. The lowest BCUT2D eigenvalue weighted by molar-refractivity contribution is 0.402. The van der Waals surface area contributed by atoms with Crippen LogP contribution in [0.4, 0.5) is 0 Å². The fourth-order valence-corrected chi connectivity index (χ4v) is 2.96. The zero-order valence-electron chi connectivity index (χ0n) is 8.79. The van der Waals surface area contributed by atoms with Crippen LogP contribution in [-0.4, -0.2) is 10.7 Å². The Morgan fingerprint density at radius 1 is 1.47 bits per heavy atom. The van der Waals surface area contributed by atoms with Crippen molar-refractivity contribution in [2.75, 3.05) is 5.75 Å². The summed E-state index contributed by atoms with van der Waals surface area (Å²) < 4.78 is 5.13. The number of aromatic nitrogens is 1. The maximum absolute atomic E-state index is 11.7. The maximum Gasteiger partial charge on any atom is 0.348 e. The average molecular weight is 241 g/mol. The second-order valence-electron chi connectivity index (χ2n) is 3.16. The van der Waals surface area contributed by atoms with Crippen molar-refractivity contribution in [3.63, 3.8) is 0 Å². The largest absolute Gasteiger partial charge is 0.397 e. The lowest BCUT2D eigenvalue weighted by atomic mass is 10.2. The minimum atomic E-state index is -0.266. The van der Waals surface area contributed by atoms with E-state index in [1.807, 2.05) is 20.8 Å². The second-order valence-corrected chi connectivity index (χ2v) is 5.58. The van der Waals surface area contributed by atoms with E-state index < -0.39 is 0 Å². The van der Waals surface area contributed by atoms with E-state index in [1.54, 1.807) is 11.3 Å². The molecule has 0 aliphatic heterocycles. The molecule has 2 aromatic heterocycles. The smallest absolute Gasteiger partial charge is 0.348 e. The summed E-state index contributed by atoms with van der Waals surface area (Å²) in [5.74, 6) is 0.852. The third kappa shape index (κ3) is 1.81. The molecule has 0 aliphatic rings. The van der Waals surface area contributed by atoms with Crippen LogP contribution in [0.2, 0.25) is 0 Å². The van der Waals surface area contributed by atoms with E-state index in [0.29, 0.717) is 10.6 Å². The molecule has 0 N–H and O–H groups in total. The topological polar surface area (TPSA) is 43.1 Å². The van der Waals surface area contributed by atoms with Crippen molar-refractivity contribution in [1.82, 2.24) is 4.98 Å². The molecule has 0 bridgehead atoms. The van der Waals surface area contributed by atoms with Gasteiger partial charge in [0.05, 0.1) is 0 Å². The van der Waals surface area contributed by atoms with Gasteiger partial charge in [0, 0.05) is 4.88 Å². The first-order chi connectivity index (χ1) is 7.13. The van der Waals surface area contributed by atoms with Crippen molar-refractivity contribution in [3.05, 3.63) is 20.9 Å². The molecule has 0 saturated heterocycles. The Bertz CT molecular complexity index is 556. The van der Waals surface area contributed by atoms with E-state index in [1.165, 1.54) is 11.8 Å². The molecule has 0 aromatic carbocycles. The Morgan fingerprint density at radius 2 is 2.20 bits per heavy atom. The Kier molecular flexibility index (Phi) is 2.84. The van der Waals surface area contributed by atoms with Crippen LogP contribution in [-0.2, 0) is 0 Å². The summed E-state index contributed by atoms with van der Waals surface area (Å²) in [5, 5.41) is 1.11. The molecule has 0 saturated carbocycles. The highest BCUT2D eigenvalue weighted by molar-refractivity contribution is 7.99. The Balaban J connectivity index is 2.73. The summed E-state index contributed by atoms with van der Waals surface area (Å²) in [6.07, 6.45) is 0. The van der Waals surface area contributed by atoms with E-state index in [0.717, 1.165) is 21.0 Å². The first-order valence-electron chi connectivity index (χ1n) is 4.67. The van der Waals surface area contributed by atoms with Gasteiger partial charge in [0.25, 0.3) is 5.22 Å². The highest BCUT2D eigenvalue weighted by atomic mass is 32.2. The molecule has 15 heavy (non-hydrogen) atoms. The lowest BCUT2D eigenvalue weighted by Crippen LogP contribution is -2.01. The van der Waals surface area contributed by atoms with Gasteiger partial charge in [0.15, 0.2) is 0 Å². The van der Waals surface area contributed by atoms with Gasteiger partial charge in [0.1, 0.15) is 10.2 Å². The lowest BCUT2D eigenvalue weighted by Gasteiger charge is -1.95. The van der Waals surface area contributed by atoms with Gasteiger partial charge in [0.2, 0.25) is 0 Å². The molecule has 80 valence electrons. The van der Waals surface area contributed by atoms with E-state index in [2.05, 4.69) is 4.98 Å². The number of aryl methyl sites for hydroxylation is 2. The van der Waals surface area contributed by atoms with E-state index in [4.69, 9.17) is 4.42 Å². The average Bonchev–Trinajstić information content (AvgIpc) is 2.43. The van der Waals surface area contributed by atoms with Crippen LogP contribution in [0, 0.1) is 13.8 Å². The standard InChI is InChI=1S/C10H11NO2S2/c1-4-14-10-11-8-7(9(12)13-10)5(2)6(3)15-8/h4H2,1-3H3. The summed E-state index contributed by atoms with van der Waals surface area (Å²) in [4.78, 5) is 17.9. The van der Waals surface area contributed by atoms with Crippen molar-refractivity contribution in [2.45, 2.75) is 26.0 Å². The van der Waals surface area contributed by atoms with Crippen LogP contribution in [0.15, 0.2) is 14.4 Å². The highest BCUT2D eigenvalue weighted by Gasteiger charge is 2.13. The zero-order chi connectivity index (χ0) is 11.0. The number of hydrogen-bond donors (Lipinski definition) is 0. The van der Waals surface area contributed by atoms with E-state index >= 15 is 0 Å². The normalized spacial score (nSPS) is 11.1. The van der Waals surface area contributed by atoms with Gasteiger partial charge in [-0.15, -0.1) is 11.3 Å². The minimum Gasteiger partial charge on any atom is -0.397 e. The molecule has 2 aromatic rings. The number of fused-ring (bicyclic) bond motifs is 1. The highest BCUT2D eigenvalue weighted by Crippen LogP contribution is 2.27. The summed E-state index contributed by atoms with van der Waals surface area (Å²) >= 11 is 3.00. The molecular weight excluding hydrogens is 230 g/mol. The van der Waals surface area contributed by atoms with Gasteiger partial charge in [-0.25, -0.2) is 4.79 Å². The second kappa shape index (κ2) is 3.98. The van der Waals surface area contributed by atoms with Gasteiger partial charge in [-0.1, -0.05) is 18.7 Å². The van der Waals surface area contributed by atoms with Gasteiger partial charge < -0.3 is 4.42 Å². The molecular formula is C10H11NO2S2. The Labute approximate surface area is 95.5 Å². The van der Waals surface area contributed by atoms with Gasteiger partial charge in [-0.05, 0) is 25.2 Å². The molecule has 0 amide bonds. The number of hydrogen-bond acceptors (Lipinski definition) is 5. The van der Waals surface area contributed by atoms with Crippen molar-refractivity contribution in [2.24, 2.45) is 0 Å². The first kappa shape index (κ1) is 10.7. The van der Waals surface area contributed by atoms with Gasteiger partial charge in [-0.3, -0.25) is 0 Å². The van der Waals surface area contributed by atoms with Gasteiger partial charge in [-0.2, -0.15) is 4.98 Å². The fourth-order valence-electron chi connectivity index (χ4n) is 1.35. The predicted molar refractivity (Wildman–Crippen MR) is 64.0 cm³/mol. The van der Waals surface area contributed by atoms with Crippen molar-refractivity contribution >= 4 is 33.3 Å². The van der Waals surface area contributed by atoms with Crippen LogP contribution in [0.1, 0.15) is 17.4 Å². The Morgan fingerprint density at radius 3 is 2.87 bits per heavy atom. The van der Waals surface area contributed by atoms with Crippen LogP contribution in [0.3, 0.4) is 0 Å². The molecule has 0 aliphatic carbocycles. The molecule has 0 spiro atoms. The number of nitrogens with zero attached hydrogens (tertiary/aromatic N) is 1. The zero-order valence-corrected chi connectivity index (χ0v) is 10.4. The van der Waals surface area contributed by atoms with Gasteiger partial charge >= 0.3 is 5.63 Å². The molecule has 0 unspecified atom stereocenters. The summed E-state index contributed by atoms with van der Waals surface area (Å²) in [7, 11) is 0. The Hall–Kier alpha value is -0.810. The van der Waals surface area contributed by atoms with E-state index in [-0.39, 0.29) is 5.63 Å². The molecule has 2 rings (SSSR count).